The normalized spacial score (nSPS) is 11.2. The van der Waals surface area contributed by atoms with E-state index in [0.29, 0.717) is 28.3 Å². The zero-order chi connectivity index (χ0) is 23.5. The third-order valence-electron chi connectivity index (χ3n) is 4.66. The van der Waals surface area contributed by atoms with Crippen molar-refractivity contribution in [3.05, 3.63) is 71.0 Å². The number of carbonyl (C=O) groups is 2. The number of alkyl halides is 3. The van der Waals surface area contributed by atoms with Crippen LogP contribution in [0, 0.1) is 13.8 Å². The molecule has 0 unspecified atom stereocenters. The molecule has 0 bridgehead atoms. The molecule has 0 radical (unpaired) electrons. The summed E-state index contributed by atoms with van der Waals surface area (Å²) in [4.78, 5) is 23.9. The van der Waals surface area contributed by atoms with E-state index in [4.69, 9.17) is 4.74 Å². The maximum atomic E-state index is 12.9. The SMILES string of the molecule is CC(=O)c1cccc(NC(=O)Nc2c(C)nn(COc3cccc(C(F)(F)F)c3)c2C)c1. The molecular formula is C22H21F3N4O3. The van der Waals surface area contributed by atoms with Crippen molar-refractivity contribution in [3.8, 4) is 5.75 Å². The highest BCUT2D eigenvalue weighted by Crippen LogP contribution is 2.31. The number of nitrogens with zero attached hydrogens (tertiary/aromatic N) is 2. The lowest BCUT2D eigenvalue weighted by atomic mass is 10.1. The first-order chi connectivity index (χ1) is 15.0. The summed E-state index contributed by atoms with van der Waals surface area (Å²) in [5.74, 6) is -0.0761. The van der Waals surface area contributed by atoms with Gasteiger partial charge in [0.1, 0.15) is 5.75 Å². The van der Waals surface area contributed by atoms with E-state index < -0.39 is 17.8 Å². The molecule has 0 aliphatic carbocycles. The maximum absolute atomic E-state index is 12.9. The number of aromatic nitrogens is 2. The van der Waals surface area contributed by atoms with Crippen molar-refractivity contribution in [3.63, 3.8) is 0 Å². The first kappa shape index (κ1) is 22.9. The second-order valence-electron chi connectivity index (χ2n) is 7.06. The molecule has 0 spiro atoms. The summed E-state index contributed by atoms with van der Waals surface area (Å²) in [6.45, 7) is 4.67. The Bertz CT molecular complexity index is 1160. The van der Waals surface area contributed by atoms with Crippen LogP contribution in [0.15, 0.2) is 48.5 Å². The van der Waals surface area contributed by atoms with Crippen LogP contribution in [0.2, 0.25) is 0 Å². The number of Topliss-reactive ketones (excluding diaryl/α,β-unsaturated/α-hetero) is 1. The van der Waals surface area contributed by atoms with E-state index in [-0.39, 0.29) is 18.3 Å². The van der Waals surface area contributed by atoms with E-state index in [1.54, 1.807) is 38.1 Å². The van der Waals surface area contributed by atoms with Gasteiger partial charge in [0.05, 0.1) is 22.6 Å². The summed E-state index contributed by atoms with van der Waals surface area (Å²) in [5.41, 5.74) is 1.61. The second kappa shape index (κ2) is 9.13. The number of amides is 2. The van der Waals surface area contributed by atoms with E-state index in [0.717, 1.165) is 12.1 Å². The van der Waals surface area contributed by atoms with Gasteiger partial charge < -0.3 is 15.4 Å². The van der Waals surface area contributed by atoms with Crippen LogP contribution >= 0.6 is 0 Å². The number of ketones is 1. The Morgan fingerprint density at radius 2 is 1.78 bits per heavy atom. The summed E-state index contributed by atoms with van der Waals surface area (Å²) < 4.78 is 45.4. The van der Waals surface area contributed by atoms with Gasteiger partial charge in [-0.2, -0.15) is 18.3 Å². The number of benzene rings is 2. The van der Waals surface area contributed by atoms with Gasteiger partial charge in [-0.3, -0.25) is 4.79 Å². The molecule has 0 aliphatic rings. The topological polar surface area (TPSA) is 85.3 Å². The highest BCUT2D eigenvalue weighted by molar-refractivity contribution is 6.01. The van der Waals surface area contributed by atoms with E-state index in [1.165, 1.54) is 23.7 Å². The van der Waals surface area contributed by atoms with Gasteiger partial charge in [-0.1, -0.05) is 18.2 Å². The van der Waals surface area contributed by atoms with Crippen LogP contribution in [0.25, 0.3) is 0 Å². The summed E-state index contributed by atoms with van der Waals surface area (Å²) in [7, 11) is 0. The summed E-state index contributed by atoms with van der Waals surface area (Å²) >= 11 is 0. The van der Waals surface area contributed by atoms with Crippen LogP contribution in [0.5, 0.6) is 5.75 Å². The number of hydrogen-bond acceptors (Lipinski definition) is 4. The van der Waals surface area contributed by atoms with Gasteiger partial charge in [-0.15, -0.1) is 0 Å². The quantitative estimate of drug-likeness (QED) is 0.497. The van der Waals surface area contributed by atoms with Crippen molar-refractivity contribution in [2.45, 2.75) is 33.7 Å². The van der Waals surface area contributed by atoms with Crippen molar-refractivity contribution in [2.75, 3.05) is 10.6 Å². The fraction of sp³-hybridized carbons (Fsp3) is 0.227. The molecule has 7 nitrogen and oxygen atoms in total. The number of hydrogen-bond donors (Lipinski definition) is 2. The number of rotatable bonds is 6. The summed E-state index contributed by atoms with van der Waals surface area (Å²) in [6.07, 6.45) is -4.47. The molecule has 3 rings (SSSR count). The molecule has 2 N–H and O–H groups in total. The van der Waals surface area contributed by atoms with Crippen LogP contribution in [0.3, 0.4) is 0 Å². The highest BCUT2D eigenvalue weighted by Gasteiger charge is 2.30. The molecule has 0 fully saturated rings. The zero-order valence-electron chi connectivity index (χ0n) is 17.6. The molecule has 0 aliphatic heterocycles. The van der Waals surface area contributed by atoms with Gasteiger partial charge in [0.15, 0.2) is 12.5 Å². The first-order valence-electron chi connectivity index (χ1n) is 9.57. The Labute approximate surface area is 182 Å². The van der Waals surface area contributed by atoms with Crippen molar-refractivity contribution >= 4 is 23.2 Å². The van der Waals surface area contributed by atoms with Crippen LogP contribution < -0.4 is 15.4 Å². The number of ether oxygens (including phenoxy) is 1. The lowest BCUT2D eigenvalue weighted by Crippen LogP contribution is -2.20. The molecular weight excluding hydrogens is 425 g/mol. The maximum Gasteiger partial charge on any atom is 0.416 e. The molecule has 10 heteroatoms. The van der Waals surface area contributed by atoms with Gasteiger partial charge in [-0.05, 0) is 51.1 Å². The number of anilines is 2. The van der Waals surface area contributed by atoms with E-state index in [2.05, 4.69) is 15.7 Å². The number of urea groups is 1. The van der Waals surface area contributed by atoms with Gasteiger partial charge in [0, 0.05) is 11.3 Å². The smallest absolute Gasteiger partial charge is 0.416 e. The third kappa shape index (κ3) is 5.45. The minimum atomic E-state index is -4.47. The number of carbonyl (C=O) groups excluding carboxylic acids is 2. The van der Waals surface area contributed by atoms with Crippen molar-refractivity contribution in [1.82, 2.24) is 9.78 Å². The zero-order valence-corrected chi connectivity index (χ0v) is 17.6. The monoisotopic (exact) mass is 446 g/mol. The molecule has 3 aromatic rings. The molecule has 32 heavy (non-hydrogen) atoms. The molecule has 1 heterocycles. The van der Waals surface area contributed by atoms with E-state index in [9.17, 15) is 22.8 Å². The predicted octanol–water partition coefficient (Wildman–Crippen LogP) is 5.40. The number of nitrogens with one attached hydrogen (secondary N) is 2. The minimum absolute atomic E-state index is 0.0463. The Morgan fingerprint density at radius 3 is 2.47 bits per heavy atom. The van der Waals surface area contributed by atoms with E-state index >= 15 is 0 Å². The molecule has 0 saturated carbocycles. The number of aryl methyl sites for hydroxylation is 1. The van der Waals surface area contributed by atoms with Crippen LogP contribution in [-0.4, -0.2) is 21.6 Å². The van der Waals surface area contributed by atoms with Crippen LogP contribution in [-0.2, 0) is 12.9 Å². The van der Waals surface area contributed by atoms with Crippen LogP contribution in [0.4, 0.5) is 29.3 Å². The Kier molecular flexibility index (Phi) is 6.52. The third-order valence-corrected chi connectivity index (χ3v) is 4.66. The molecule has 0 atom stereocenters. The molecule has 168 valence electrons. The Hall–Kier alpha value is -3.82. The molecule has 2 amide bonds. The van der Waals surface area contributed by atoms with Gasteiger partial charge in [0.25, 0.3) is 0 Å². The fourth-order valence-electron chi connectivity index (χ4n) is 2.99. The van der Waals surface area contributed by atoms with E-state index in [1.807, 2.05) is 0 Å². The average Bonchev–Trinajstić information content (AvgIpc) is 2.99. The first-order valence-corrected chi connectivity index (χ1v) is 9.57. The summed E-state index contributed by atoms with van der Waals surface area (Å²) in [6, 6.07) is 10.5. The van der Waals surface area contributed by atoms with Crippen molar-refractivity contribution < 1.29 is 27.5 Å². The highest BCUT2D eigenvalue weighted by atomic mass is 19.4. The van der Waals surface area contributed by atoms with Gasteiger partial charge in [0.2, 0.25) is 0 Å². The molecule has 1 aromatic heterocycles. The lowest BCUT2D eigenvalue weighted by molar-refractivity contribution is -0.137. The van der Waals surface area contributed by atoms with Crippen molar-refractivity contribution in [1.29, 1.82) is 0 Å². The number of halogens is 3. The molecule has 0 saturated heterocycles. The van der Waals surface area contributed by atoms with Crippen molar-refractivity contribution in [2.24, 2.45) is 0 Å². The summed E-state index contributed by atoms with van der Waals surface area (Å²) in [5, 5.41) is 9.63. The second-order valence-corrected chi connectivity index (χ2v) is 7.06. The standard InChI is InChI=1S/C22H21F3N4O3/c1-13-20(27-21(31)26-18-8-4-6-16(10-18)15(3)30)14(2)29(28-13)12-32-19-9-5-7-17(11-19)22(23,24)25/h4-11H,12H2,1-3H3,(H2,26,27,31). The fourth-order valence-corrected chi connectivity index (χ4v) is 2.99. The molecule has 2 aromatic carbocycles. The lowest BCUT2D eigenvalue weighted by Gasteiger charge is -2.11. The van der Waals surface area contributed by atoms with Gasteiger partial charge in [-0.25, -0.2) is 9.48 Å². The predicted molar refractivity (Wildman–Crippen MR) is 113 cm³/mol. The Morgan fingerprint density at radius 1 is 1.06 bits per heavy atom. The van der Waals surface area contributed by atoms with Crippen LogP contribution in [0.1, 0.15) is 34.2 Å². The average molecular weight is 446 g/mol. The minimum Gasteiger partial charge on any atom is -0.471 e. The Balaban J connectivity index is 1.68. The largest absolute Gasteiger partial charge is 0.471 e. The van der Waals surface area contributed by atoms with Gasteiger partial charge >= 0.3 is 12.2 Å².